The molecule has 0 radical (unpaired) electrons. The van der Waals surface area contributed by atoms with Gasteiger partial charge in [-0.25, -0.2) is 14.1 Å². The Labute approximate surface area is 177 Å². The van der Waals surface area contributed by atoms with Crippen LogP contribution in [0.5, 0.6) is 0 Å². The largest absolute Gasteiger partial charge is 0.450 e. The van der Waals surface area contributed by atoms with Crippen LogP contribution < -0.4 is 10.5 Å². The van der Waals surface area contributed by atoms with Gasteiger partial charge in [0.1, 0.15) is 5.76 Å². The third-order valence-electron chi connectivity index (χ3n) is 6.16. The predicted molar refractivity (Wildman–Crippen MR) is 116 cm³/mol. The molecule has 2 aliphatic carbocycles. The summed E-state index contributed by atoms with van der Waals surface area (Å²) in [6.07, 6.45) is 5.04. The van der Waals surface area contributed by atoms with Crippen LogP contribution in [0.4, 0.5) is 10.5 Å². The molecule has 4 rings (SSSR count). The number of nitrogens with one attached hydrogen (secondary N) is 1. The zero-order valence-electron chi connectivity index (χ0n) is 17.9. The number of anilines is 1. The number of carbonyl (C=O) groups excluding carboxylic acids is 1. The van der Waals surface area contributed by atoms with E-state index in [1.54, 1.807) is 20.8 Å². The lowest BCUT2D eigenvalue weighted by Gasteiger charge is -2.17. The third kappa shape index (κ3) is 3.68. The SMILES string of the molecule is Cc1oc(S(N)(=O)=NC(=O)Nc2c3c(cc4c2[C@H](C)CC4)CCC3)cc1C(C)(C)O. The van der Waals surface area contributed by atoms with Crippen molar-refractivity contribution in [2.45, 2.75) is 76.4 Å². The van der Waals surface area contributed by atoms with Gasteiger partial charge >= 0.3 is 6.03 Å². The topological polar surface area (TPSA) is 118 Å². The average molecular weight is 432 g/mol. The number of benzene rings is 1. The molecule has 2 aromatic rings. The van der Waals surface area contributed by atoms with Crippen molar-refractivity contribution in [2.24, 2.45) is 9.50 Å². The summed E-state index contributed by atoms with van der Waals surface area (Å²) in [5.41, 5.74) is 4.98. The lowest BCUT2D eigenvalue weighted by molar-refractivity contribution is 0.0769. The van der Waals surface area contributed by atoms with Crippen LogP contribution in [0.15, 0.2) is 26.0 Å². The molecule has 1 aromatic carbocycles. The molecule has 1 unspecified atom stereocenters. The molecule has 1 aromatic heterocycles. The number of aliphatic hydroxyl groups is 1. The van der Waals surface area contributed by atoms with Gasteiger partial charge in [0.05, 0.1) is 5.60 Å². The van der Waals surface area contributed by atoms with Crippen LogP contribution in [0.2, 0.25) is 0 Å². The first kappa shape index (κ1) is 21.1. The monoisotopic (exact) mass is 431 g/mol. The summed E-state index contributed by atoms with van der Waals surface area (Å²) in [6, 6.07) is 2.95. The van der Waals surface area contributed by atoms with Crippen molar-refractivity contribution >= 4 is 21.6 Å². The Hall–Kier alpha value is -2.16. The van der Waals surface area contributed by atoms with Gasteiger partial charge in [-0.05, 0) is 81.0 Å². The minimum Gasteiger partial charge on any atom is -0.450 e. The van der Waals surface area contributed by atoms with Crippen LogP contribution in [0.25, 0.3) is 0 Å². The lowest BCUT2D eigenvalue weighted by Crippen LogP contribution is -2.19. The maximum absolute atomic E-state index is 13.0. The number of furan rings is 1. The maximum Gasteiger partial charge on any atom is 0.354 e. The highest BCUT2D eigenvalue weighted by atomic mass is 32.2. The smallest absolute Gasteiger partial charge is 0.354 e. The molecular formula is C22H29N3O4S. The van der Waals surface area contributed by atoms with Crippen LogP contribution in [-0.2, 0) is 34.8 Å². The Kier molecular flexibility index (Phi) is 5.07. The standard InChI is InChI=1S/C22H29N3O4S/c1-12-8-9-15-10-14-6-5-7-16(14)20(19(12)15)24-21(26)25-30(23,28)18-11-17(13(2)29-18)22(3,4)27/h10-12,27H,5-9H2,1-4H3,(H3,23,24,25,26,28)/t12-,30?/m1/s1. The summed E-state index contributed by atoms with van der Waals surface area (Å²) in [6.45, 7) is 6.99. The Bertz CT molecular complexity index is 1150. The first-order valence-corrected chi connectivity index (χ1v) is 11.9. The molecule has 0 fully saturated rings. The molecule has 2 amide bonds. The van der Waals surface area contributed by atoms with Gasteiger partial charge in [0.15, 0.2) is 9.92 Å². The van der Waals surface area contributed by atoms with Gasteiger partial charge in [-0.1, -0.05) is 13.0 Å². The number of hydrogen-bond acceptors (Lipinski definition) is 4. The number of hydrogen-bond donors (Lipinski definition) is 3. The molecule has 162 valence electrons. The fraction of sp³-hybridized carbons (Fsp3) is 0.500. The molecule has 0 saturated carbocycles. The van der Waals surface area contributed by atoms with E-state index in [9.17, 15) is 14.1 Å². The fourth-order valence-corrected chi connectivity index (χ4v) is 5.67. The molecule has 4 N–H and O–H groups in total. The van der Waals surface area contributed by atoms with E-state index in [0.29, 0.717) is 17.2 Å². The van der Waals surface area contributed by atoms with Gasteiger partial charge in [-0.3, -0.25) is 0 Å². The highest BCUT2D eigenvalue weighted by Gasteiger charge is 2.30. The third-order valence-corrected chi connectivity index (χ3v) is 7.37. The maximum atomic E-state index is 13.0. The summed E-state index contributed by atoms with van der Waals surface area (Å²) < 4.78 is 22.2. The second kappa shape index (κ2) is 7.21. The van der Waals surface area contributed by atoms with Gasteiger partial charge in [0.2, 0.25) is 5.09 Å². The molecule has 0 spiro atoms. The summed E-state index contributed by atoms with van der Waals surface area (Å²) >= 11 is 0. The van der Waals surface area contributed by atoms with Crippen molar-refractivity contribution in [1.82, 2.24) is 0 Å². The Morgan fingerprint density at radius 2 is 2.03 bits per heavy atom. The van der Waals surface area contributed by atoms with E-state index in [1.165, 1.54) is 22.8 Å². The van der Waals surface area contributed by atoms with E-state index in [-0.39, 0.29) is 5.09 Å². The average Bonchev–Trinajstić information content (AvgIpc) is 3.32. The second-order valence-corrected chi connectivity index (χ2v) is 10.7. The van der Waals surface area contributed by atoms with Gasteiger partial charge in [0.25, 0.3) is 0 Å². The van der Waals surface area contributed by atoms with Crippen molar-refractivity contribution in [3.05, 3.63) is 45.7 Å². The molecule has 8 heteroatoms. The lowest BCUT2D eigenvalue weighted by atomic mass is 9.95. The van der Waals surface area contributed by atoms with Gasteiger partial charge in [-0.2, -0.15) is 0 Å². The van der Waals surface area contributed by atoms with Crippen LogP contribution in [0.3, 0.4) is 0 Å². The molecule has 0 saturated heterocycles. The predicted octanol–water partition coefficient (Wildman–Crippen LogP) is 4.29. The minimum absolute atomic E-state index is 0.121. The molecule has 30 heavy (non-hydrogen) atoms. The van der Waals surface area contributed by atoms with E-state index in [4.69, 9.17) is 9.56 Å². The molecule has 0 bridgehead atoms. The zero-order valence-corrected chi connectivity index (χ0v) is 18.7. The summed E-state index contributed by atoms with van der Waals surface area (Å²) in [7, 11) is -3.60. The van der Waals surface area contributed by atoms with Crippen LogP contribution >= 0.6 is 0 Å². The quantitative estimate of drug-likeness (QED) is 0.672. The normalized spacial score (nSPS) is 19.9. The van der Waals surface area contributed by atoms with Crippen molar-refractivity contribution in [3.63, 3.8) is 0 Å². The van der Waals surface area contributed by atoms with Crippen LogP contribution in [0.1, 0.15) is 73.1 Å². The van der Waals surface area contributed by atoms with Crippen LogP contribution in [-0.4, -0.2) is 15.3 Å². The van der Waals surface area contributed by atoms with Gasteiger partial charge in [0, 0.05) is 17.3 Å². The molecule has 0 aliphatic heterocycles. The highest BCUT2D eigenvalue weighted by molar-refractivity contribution is 7.91. The number of nitrogens with two attached hydrogens (primary N) is 1. The van der Waals surface area contributed by atoms with E-state index in [2.05, 4.69) is 22.7 Å². The van der Waals surface area contributed by atoms with E-state index >= 15 is 0 Å². The van der Waals surface area contributed by atoms with Gasteiger partial charge in [-0.15, -0.1) is 4.36 Å². The second-order valence-electron chi connectivity index (χ2n) is 8.94. The number of amides is 2. The zero-order chi connectivity index (χ0) is 21.8. The van der Waals surface area contributed by atoms with E-state index in [1.807, 2.05) is 0 Å². The number of urea groups is 1. The first-order valence-electron chi connectivity index (χ1n) is 10.3. The number of carbonyl (C=O) groups is 1. The number of nitrogens with zero attached hydrogens (tertiary/aromatic N) is 1. The van der Waals surface area contributed by atoms with E-state index in [0.717, 1.165) is 43.4 Å². The molecule has 7 nitrogen and oxygen atoms in total. The number of fused-ring (bicyclic) bond motifs is 2. The minimum atomic E-state index is -3.60. The fourth-order valence-electron chi connectivity index (χ4n) is 4.76. The Morgan fingerprint density at radius 1 is 1.30 bits per heavy atom. The Morgan fingerprint density at radius 3 is 2.70 bits per heavy atom. The highest BCUT2D eigenvalue weighted by Crippen LogP contribution is 2.44. The van der Waals surface area contributed by atoms with Crippen LogP contribution in [0, 0.1) is 6.92 Å². The summed E-state index contributed by atoms with van der Waals surface area (Å²) in [5.74, 6) is 0.740. The molecular weight excluding hydrogens is 402 g/mol. The van der Waals surface area contributed by atoms with Crippen molar-refractivity contribution in [2.75, 3.05) is 5.32 Å². The van der Waals surface area contributed by atoms with Crippen molar-refractivity contribution in [3.8, 4) is 0 Å². The molecule has 2 aliphatic rings. The molecule has 2 atom stereocenters. The number of rotatable bonds is 3. The summed E-state index contributed by atoms with van der Waals surface area (Å²) in [4.78, 5) is 12.8. The van der Waals surface area contributed by atoms with Crippen molar-refractivity contribution in [1.29, 1.82) is 0 Å². The summed E-state index contributed by atoms with van der Waals surface area (Å²) in [5, 5.41) is 18.9. The number of aryl methyl sites for hydroxylation is 3. The first-order chi connectivity index (χ1) is 14.0. The van der Waals surface area contributed by atoms with Gasteiger partial charge < -0.3 is 14.8 Å². The van der Waals surface area contributed by atoms with Crippen molar-refractivity contribution < 1.29 is 18.5 Å². The van der Waals surface area contributed by atoms with E-state index < -0.39 is 21.5 Å². The Balaban J connectivity index is 1.69. The molecule has 1 heterocycles.